The van der Waals surface area contributed by atoms with E-state index in [1.807, 2.05) is 6.08 Å². The van der Waals surface area contributed by atoms with E-state index in [2.05, 4.69) is 150 Å². The van der Waals surface area contributed by atoms with Gasteiger partial charge in [0.25, 0.3) is 0 Å². The van der Waals surface area contributed by atoms with Crippen molar-refractivity contribution in [2.45, 2.75) is 6.92 Å². The van der Waals surface area contributed by atoms with Crippen LogP contribution in [-0.2, 0) is 0 Å². The molecule has 2 nitrogen and oxygen atoms in total. The molecule has 0 atom stereocenters. The standard InChI is InChI=1S/C37H28N2/c1-3-34-32(30-13-7-9-15-35(30)38-34)23-25(2)28-19-22-37-33(24-28)31-14-8-10-16-36(31)39(37)29-20-17-27(18-21-29)26-11-5-4-6-12-26/h3-24,38H,1H2,2H3/b25-23+. The van der Waals surface area contributed by atoms with Gasteiger partial charge in [0.1, 0.15) is 0 Å². The highest BCUT2D eigenvalue weighted by atomic mass is 15.0. The van der Waals surface area contributed by atoms with Crippen molar-refractivity contribution in [1.82, 2.24) is 9.55 Å². The number of H-pyrrole nitrogens is 1. The summed E-state index contributed by atoms with van der Waals surface area (Å²) >= 11 is 0. The van der Waals surface area contributed by atoms with Crippen molar-refractivity contribution in [1.29, 1.82) is 0 Å². The zero-order valence-electron chi connectivity index (χ0n) is 21.9. The minimum Gasteiger partial charge on any atom is -0.355 e. The Balaban J connectivity index is 1.36. The molecule has 0 saturated carbocycles. The van der Waals surface area contributed by atoms with E-state index in [0.717, 1.165) is 16.9 Å². The van der Waals surface area contributed by atoms with Crippen molar-refractivity contribution >= 4 is 50.4 Å². The molecule has 0 fully saturated rings. The van der Waals surface area contributed by atoms with Gasteiger partial charge in [-0.25, -0.2) is 0 Å². The van der Waals surface area contributed by atoms with E-state index in [0.29, 0.717) is 0 Å². The fourth-order valence-corrected chi connectivity index (χ4v) is 5.73. The van der Waals surface area contributed by atoms with E-state index in [1.165, 1.54) is 55.0 Å². The highest BCUT2D eigenvalue weighted by molar-refractivity contribution is 6.10. The van der Waals surface area contributed by atoms with E-state index in [9.17, 15) is 0 Å². The van der Waals surface area contributed by atoms with Crippen LogP contribution in [0.4, 0.5) is 0 Å². The third kappa shape index (κ3) is 3.89. The lowest BCUT2D eigenvalue weighted by Crippen LogP contribution is -1.93. The summed E-state index contributed by atoms with van der Waals surface area (Å²) in [6.07, 6.45) is 4.18. The maximum absolute atomic E-state index is 4.03. The van der Waals surface area contributed by atoms with Crippen LogP contribution in [0.3, 0.4) is 0 Å². The molecular formula is C37H28N2. The number of hydrogen-bond acceptors (Lipinski definition) is 0. The van der Waals surface area contributed by atoms with Crippen molar-refractivity contribution in [2.75, 3.05) is 0 Å². The van der Waals surface area contributed by atoms with Gasteiger partial charge in [-0.2, -0.15) is 0 Å². The van der Waals surface area contributed by atoms with E-state index in [1.54, 1.807) is 0 Å². The van der Waals surface area contributed by atoms with Crippen LogP contribution >= 0.6 is 0 Å². The number of nitrogens with zero attached hydrogens (tertiary/aromatic N) is 1. The van der Waals surface area contributed by atoms with Gasteiger partial charge in [-0.1, -0.05) is 91.5 Å². The normalized spacial score (nSPS) is 12.0. The minimum absolute atomic E-state index is 1.05. The molecule has 0 aliphatic carbocycles. The lowest BCUT2D eigenvalue weighted by molar-refractivity contribution is 1.18. The highest BCUT2D eigenvalue weighted by Gasteiger charge is 2.14. The van der Waals surface area contributed by atoms with Gasteiger partial charge in [0.2, 0.25) is 0 Å². The maximum atomic E-state index is 4.03. The Labute approximate surface area is 228 Å². The first kappa shape index (κ1) is 23.1. The Bertz CT molecular complexity index is 2020. The predicted octanol–water partition coefficient (Wildman–Crippen LogP) is 10.1. The van der Waals surface area contributed by atoms with Crippen molar-refractivity contribution in [2.24, 2.45) is 0 Å². The summed E-state index contributed by atoms with van der Waals surface area (Å²) in [5, 5.41) is 3.72. The number of allylic oxidation sites excluding steroid dienone is 1. The molecule has 2 aromatic heterocycles. The van der Waals surface area contributed by atoms with E-state index in [-0.39, 0.29) is 0 Å². The number of fused-ring (bicyclic) bond motifs is 4. The number of aromatic nitrogens is 2. The van der Waals surface area contributed by atoms with Crippen molar-refractivity contribution in [3.05, 3.63) is 145 Å². The fourth-order valence-electron chi connectivity index (χ4n) is 5.73. The molecule has 0 unspecified atom stereocenters. The Morgan fingerprint density at radius 1 is 0.667 bits per heavy atom. The van der Waals surface area contributed by atoms with Gasteiger partial charge in [-0.05, 0) is 77.7 Å². The fraction of sp³-hybridized carbons (Fsp3) is 0.0270. The number of rotatable bonds is 5. The summed E-state index contributed by atoms with van der Waals surface area (Å²) in [4.78, 5) is 3.49. The van der Waals surface area contributed by atoms with Crippen molar-refractivity contribution in [3.63, 3.8) is 0 Å². The monoisotopic (exact) mass is 500 g/mol. The van der Waals surface area contributed by atoms with Crippen LogP contribution in [0, 0.1) is 0 Å². The summed E-state index contributed by atoms with van der Waals surface area (Å²) in [6.45, 7) is 6.22. The number of benzene rings is 5. The minimum atomic E-state index is 1.05. The lowest BCUT2D eigenvalue weighted by atomic mass is 10.0. The first-order chi connectivity index (χ1) is 19.2. The van der Waals surface area contributed by atoms with Gasteiger partial charge in [-0.15, -0.1) is 0 Å². The molecule has 5 aromatic carbocycles. The Morgan fingerprint density at radius 3 is 2.13 bits per heavy atom. The number of nitrogens with one attached hydrogen (secondary N) is 1. The van der Waals surface area contributed by atoms with Crippen LogP contribution < -0.4 is 0 Å². The molecule has 0 aliphatic rings. The van der Waals surface area contributed by atoms with Crippen LogP contribution in [0.25, 0.3) is 67.2 Å². The molecule has 0 bridgehead atoms. The maximum Gasteiger partial charge on any atom is 0.0541 e. The summed E-state index contributed by atoms with van der Waals surface area (Å²) in [5.41, 5.74) is 11.8. The third-order valence-electron chi connectivity index (χ3n) is 7.70. The molecular weight excluding hydrogens is 472 g/mol. The lowest BCUT2D eigenvalue weighted by Gasteiger charge is -2.10. The predicted molar refractivity (Wildman–Crippen MR) is 168 cm³/mol. The second kappa shape index (κ2) is 9.34. The molecule has 2 heterocycles. The first-order valence-corrected chi connectivity index (χ1v) is 13.3. The molecule has 7 rings (SSSR count). The largest absolute Gasteiger partial charge is 0.355 e. The second-order valence-corrected chi connectivity index (χ2v) is 10.0. The average molecular weight is 501 g/mol. The molecule has 7 aromatic rings. The van der Waals surface area contributed by atoms with Crippen molar-refractivity contribution < 1.29 is 0 Å². The van der Waals surface area contributed by atoms with Crippen LogP contribution in [0.5, 0.6) is 0 Å². The van der Waals surface area contributed by atoms with Crippen LogP contribution in [0.2, 0.25) is 0 Å². The van der Waals surface area contributed by atoms with Crippen molar-refractivity contribution in [3.8, 4) is 16.8 Å². The number of aromatic amines is 1. The zero-order chi connectivity index (χ0) is 26.3. The first-order valence-electron chi connectivity index (χ1n) is 13.3. The molecule has 0 radical (unpaired) electrons. The van der Waals surface area contributed by atoms with E-state index >= 15 is 0 Å². The molecule has 2 heteroatoms. The summed E-state index contributed by atoms with van der Waals surface area (Å²) in [6, 6.07) is 43.4. The summed E-state index contributed by atoms with van der Waals surface area (Å²) < 4.78 is 2.37. The number of hydrogen-bond donors (Lipinski definition) is 1. The van der Waals surface area contributed by atoms with Gasteiger partial charge < -0.3 is 9.55 Å². The van der Waals surface area contributed by atoms with E-state index < -0.39 is 0 Å². The van der Waals surface area contributed by atoms with Crippen LogP contribution in [0.15, 0.2) is 128 Å². The van der Waals surface area contributed by atoms with Gasteiger partial charge >= 0.3 is 0 Å². The summed E-state index contributed by atoms with van der Waals surface area (Å²) in [7, 11) is 0. The molecule has 0 spiro atoms. The van der Waals surface area contributed by atoms with Crippen LogP contribution in [-0.4, -0.2) is 9.55 Å². The van der Waals surface area contributed by atoms with Gasteiger partial charge in [0, 0.05) is 38.6 Å². The zero-order valence-corrected chi connectivity index (χ0v) is 21.9. The molecule has 0 saturated heterocycles. The second-order valence-electron chi connectivity index (χ2n) is 10.0. The van der Waals surface area contributed by atoms with E-state index in [4.69, 9.17) is 0 Å². The quantitative estimate of drug-likeness (QED) is 0.243. The molecule has 39 heavy (non-hydrogen) atoms. The smallest absolute Gasteiger partial charge is 0.0541 e. The SMILES string of the molecule is C=Cc1[nH]c2ccccc2c1/C=C(\C)c1ccc2c(c1)c1ccccc1n2-c1ccc(-c2ccccc2)cc1. The molecule has 186 valence electrons. The Morgan fingerprint density at radius 2 is 1.33 bits per heavy atom. The van der Waals surface area contributed by atoms with Gasteiger partial charge in [0.05, 0.1) is 11.0 Å². The Kier molecular flexibility index (Phi) is 5.53. The third-order valence-corrected chi connectivity index (χ3v) is 7.70. The molecule has 1 N–H and O–H groups in total. The molecule has 0 amide bonds. The van der Waals surface area contributed by atoms with Crippen LogP contribution in [0.1, 0.15) is 23.7 Å². The van der Waals surface area contributed by atoms with Gasteiger partial charge in [-0.3, -0.25) is 0 Å². The average Bonchev–Trinajstić information content (AvgIpc) is 3.52. The van der Waals surface area contributed by atoms with Gasteiger partial charge in [0.15, 0.2) is 0 Å². The highest BCUT2D eigenvalue weighted by Crippen LogP contribution is 2.35. The number of para-hydroxylation sites is 2. The topological polar surface area (TPSA) is 20.7 Å². The summed E-state index contributed by atoms with van der Waals surface area (Å²) in [5.74, 6) is 0. The Hall–Kier alpha value is -5.08. The molecule has 0 aliphatic heterocycles.